The summed E-state index contributed by atoms with van der Waals surface area (Å²) in [7, 11) is 1.55. The molecule has 0 amide bonds. The molecule has 140 valence electrons. The van der Waals surface area contributed by atoms with Crippen LogP contribution in [0.15, 0.2) is 11.4 Å². The van der Waals surface area contributed by atoms with Gasteiger partial charge >= 0.3 is 0 Å². The van der Waals surface area contributed by atoms with Crippen molar-refractivity contribution in [1.82, 2.24) is 24.8 Å². The Morgan fingerprint density at radius 2 is 2.15 bits per heavy atom. The molecule has 1 aliphatic rings. The lowest BCUT2D eigenvalue weighted by atomic mass is 9.95. The van der Waals surface area contributed by atoms with Crippen molar-refractivity contribution in [2.75, 3.05) is 25.0 Å². The Morgan fingerprint density at radius 1 is 1.42 bits per heavy atom. The highest BCUT2D eigenvalue weighted by molar-refractivity contribution is 5.88. The largest absolute Gasteiger partial charge is 0.391 e. The first kappa shape index (κ1) is 18.2. The summed E-state index contributed by atoms with van der Waals surface area (Å²) in [5.74, 6) is 1.60. The zero-order valence-electron chi connectivity index (χ0n) is 15.6. The summed E-state index contributed by atoms with van der Waals surface area (Å²) in [6.45, 7) is 7.57. The zero-order valence-corrected chi connectivity index (χ0v) is 15.6. The molecule has 0 bridgehead atoms. The first-order valence-electron chi connectivity index (χ1n) is 8.56. The number of aliphatic hydroxyl groups excluding tert-OH is 1. The molecule has 10 heteroatoms. The molecule has 3 heterocycles. The highest BCUT2D eigenvalue weighted by Gasteiger charge is 2.28. The van der Waals surface area contributed by atoms with Crippen LogP contribution in [-0.4, -0.2) is 61.9 Å². The van der Waals surface area contributed by atoms with E-state index in [1.165, 1.54) is 5.01 Å². The SMILES string of the molecule is CN(N=N)C(=N)Cn1ncc2c(N3CC[C@H](O)C3)nc(C(C)(C)C)nc21. The van der Waals surface area contributed by atoms with E-state index in [4.69, 9.17) is 20.9 Å². The molecule has 1 saturated heterocycles. The molecule has 0 radical (unpaired) electrons. The topological polar surface area (TPSA) is 130 Å². The van der Waals surface area contributed by atoms with Crippen LogP contribution in [0.5, 0.6) is 0 Å². The van der Waals surface area contributed by atoms with Crippen LogP contribution in [0.25, 0.3) is 11.0 Å². The van der Waals surface area contributed by atoms with Gasteiger partial charge in [0.1, 0.15) is 24.0 Å². The summed E-state index contributed by atoms with van der Waals surface area (Å²) < 4.78 is 1.63. The third-order valence-electron chi connectivity index (χ3n) is 4.45. The maximum Gasteiger partial charge on any atom is 0.164 e. The summed E-state index contributed by atoms with van der Waals surface area (Å²) in [5, 5.41) is 27.5. The zero-order chi connectivity index (χ0) is 19.1. The predicted octanol–water partition coefficient (Wildman–Crippen LogP) is 1.55. The molecular weight excluding hydrogens is 334 g/mol. The number of amidine groups is 1. The average molecular weight is 359 g/mol. The van der Waals surface area contributed by atoms with E-state index in [-0.39, 0.29) is 23.9 Å². The number of hydrogen-bond donors (Lipinski definition) is 3. The number of anilines is 1. The highest BCUT2D eigenvalue weighted by atomic mass is 16.3. The van der Waals surface area contributed by atoms with Gasteiger partial charge in [-0.25, -0.2) is 19.7 Å². The third kappa shape index (κ3) is 3.36. The van der Waals surface area contributed by atoms with E-state index in [1.807, 2.05) is 20.8 Å². The van der Waals surface area contributed by atoms with E-state index < -0.39 is 0 Å². The average Bonchev–Trinajstić information content (AvgIpc) is 3.19. The van der Waals surface area contributed by atoms with E-state index >= 15 is 0 Å². The lowest BCUT2D eigenvalue weighted by molar-refractivity contribution is 0.198. The summed E-state index contributed by atoms with van der Waals surface area (Å²) in [5.41, 5.74) is 7.43. The van der Waals surface area contributed by atoms with Crippen LogP contribution < -0.4 is 4.90 Å². The molecule has 10 nitrogen and oxygen atoms in total. The van der Waals surface area contributed by atoms with Gasteiger partial charge in [0, 0.05) is 25.6 Å². The van der Waals surface area contributed by atoms with Gasteiger partial charge in [0.25, 0.3) is 0 Å². The number of β-amino-alcohol motifs (C(OH)–C–C–N with tert-alkyl or cyclic N) is 1. The van der Waals surface area contributed by atoms with Crippen molar-refractivity contribution in [3.63, 3.8) is 0 Å². The minimum atomic E-state index is -0.353. The van der Waals surface area contributed by atoms with Crippen LogP contribution in [0.3, 0.4) is 0 Å². The van der Waals surface area contributed by atoms with Gasteiger partial charge in [-0.1, -0.05) is 26.0 Å². The number of aromatic nitrogens is 4. The van der Waals surface area contributed by atoms with Gasteiger partial charge in [0.05, 0.1) is 17.7 Å². The van der Waals surface area contributed by atoms with E-state index in [9.17, 15) is 5.11 Å². The maximum atomic E-state index is 9.91. The molecule has 0 aromatic carbocycles. The Labute approximate surface area is 151 Å². The van der Waals surface area contributed by atoms with Gasteiger partial charge in [-0.05, 0) is 6.42 Å². The Morgan fingerprint density at radius 3 is 2.73 bits per heavy atom. The standard InChI is InChI=1S/C16H25N9O/c1-16(2,3)15-20-13(24-6-5-10(26)8-24)11-7-19-25(14(11)21-15)9-12(17)23(4)22-18/h7,10,17-18,26H,5-6,8-9H2,1-4H3/t10-/m0/s1. The van der Waals surface area contributed by atoms with Crippen molar-refractivity contribution in [2.24, 2.45) is 5.22 Å². The van der Waals surface area contributed by atoms with Crippen molar-refractivity contribution in [1.29, 1.82) is 10.9 Å². The third-order valence-corrected chi connectivity index (χ3v) is 4.45. The summed E-state index contributed by atoms with van der Waals surface area (Å²) in [6, 6.07) is 0. The van der Waals surface area contributed by atoms with Gasteiger partial charge in [-0.15, -0.1) is 0 Å². The molecular formula is C16H25N9O. The van der Waals surface area contributed by atoms with Crippen LogP contribution in [0.2, 0.25) is 0 Å². The second kappa shape index (κ2) is 6.60. The lowest BCUT2D eigenvalue weighted by Crippen LogP contribution is -2.27. The van der Waals surface area contributed by atoms with E-state index in [0.717, 1.165) is 17.7 Å². The first-order chi connectivity index (χ1) is 12.2. The molecule has 1 atom stereocenters. The van der Waals surface area contributed by atoms with Gasteiger partial charge in [0.2, 0.25) is 0 Å². The minimum Gasteiger partial charge on any atom is -0.391 e. The molecule has 0 unspecified atom stereocenters. The van der Waals surface area contributed by atoms with Crippen LogP contribution in [0.1, 0.15) is 33.0 Å². The van der Waals surface area contributed by atoms with Gasteiger partial charge < -0.3 is 10.0 Å². The molecule has 1 aliphatic heterocycles. The van der Waals surface area contributed by atoms with Crippen LogP contribution in [-0.2, 0) is 12.0 Å². The Bertz CT molecular complexity index is 838. The number of hydrogen-bond acceptors (Lipinski definition) is 8. The second-order valence-electron chi connectivity index (χ2n) is 7.62. The van der Waals surface area contributed by atoms with Crippen molar-refractivity contribution in [2.45, 2.75) is 45.3 Å². The predicted molar refractivity (Wildman–Crippen MR) is 97.5 cm³/mol. The van der Waals surface area contributed by atoms with Crippen LogP contribution in [0, 0.1) is 10.9 Å². The molecule has 1 fully saturated rings. The van der Waals surface area contributed by atoms with Gasteiger partial charge in [-0.3, -0.25) is 5.41 Å². The monoisotopic (exact) mass is 359 g/mol. The summed E-state index contributed by atoms with van der Waals surface area (Å²) in [6.07, 6.45) is 2.06. The van der Waals surface area contributed by atoms with Crippen molar-refractivity contribution in [3.05, 3.63) is 12.0 Å². The van der Waals surface area contributed by atoms with Crippen molar-refractivity contribution >= 4 is 22.7 Å². The van der Waals surface area contributed by atoms with E-state index in [1.54, 1.807) is 17.9 Å². The number of rotatable bonds is 4. The molecule has 3 N–H and O–H groups in total. The number of aliphatic hydroxyl groups is 1. The fourth-order valence-electron chi connectivity index (χ4n) is 2.87. The fraction of sp³-hybridized carbons (Fsp3) is 0.625. The van der Waals surface area contributed by atoms with E-state index in [0.29, 0.717) is 24.4 Å². The van der Waals surface area contributed by atoms with Crippen LogP contribution in [0.4, 0.5) is 5.82 Å². The molecule has 26 heavy (non-hydrogen) atoms. The number of fused-ring (bicyclic) bond motifs is 1. The fourth-order valence-corrected chi connectivity index (χ4v) is 2.87. The molecule has 0 saturated carbocycles. The number of nitrogens with one attached hydrogen (secondary N) is 2. The summed E-state index contributed by atoms with van der Waals surface area (Å²) >= 11 is 0. The maximum absolute atomic E-state index is 9.91. The Kier molecular flexibility index (Phi) is 4.61. The molecule has 0 spiro atoms. The van der Waals surface area contributed by atoms with E-state index in [2.05, 4.69) is 15.2 Å². The molecule has 0 aliphatic carbocycles. The quantitative estimate of drug-likeness (QED) is 0.328. The smallest absolute Gasteiger partial charge is 0.164 e. The highest BCUT2D eigenvalue weighted by Crippen LogP contribution is 2.30. The second-order valence-corrected chi connectivity index (χ2v) is 7.62. The normalized spacial score (nSPS) is 17.7. The molecule has 2 aromatic rings. The number of likely N-dealkylation sites (N-methyl/N-ethyl adjacent to an activating group) is 1. The van der Waals surface area contributed by atoms with Crippen molar-refractivity contribution < 1.29 is 5.11 Å². The Balaban J connectivity index is 2.09. The molecule has 2 aromatic heterocycles. The van der Waals surface area contributed by atoms with Gasteiger partial charge in [0.15, 0.2) is 5.65 Å². The van der Waals surface area contributed by atoms with Gasteiger partial charge in [-0.2, -0.15) is 10.6 Å². The minimum absolute atomic E-state index is 0.138. The first-order valence-corrected chi connectivity index (χ1v) is 8.56. The number of nitrogens with zero attached hydrogens (tertiary/aromatic N) is 7. The lowest BCUT2D eigenvalue weighted by Gasteiger charge is -2.22. The molecule has 3 rings (SSSR count). The van der Waals surface area contributed by atoms with Crippen LogP contribution >= 0.6 is 0 Å². The van der Waals surface area contributed by atoms with Crippen molar-refractivity contribution in [3.8, 4) is 0 Å². The Hall–Kier alpha value is -2.62. The summed E-state index contributed by atoms with van der Waals surface area (Å²) in [4.78, 5) is 11.5.